The quantitative estimate of drug-likeness (QED) is 0.598. The first-order valence-electron chi connectivity index (χ1n) is 8.17. The molecule has 0 saturated carbocycles. The summed E-state index contributed by atoms with van der Waals surface area (Å²) in [4.78, 5) is 2.18. The summed E-state index contributed by atoms with van der Waals surface area (Å²) in [5, 5.41) is 10.5. The van der Waals surface area contributed by atoms with Crippen molar-refractivity contribution >= 4 is 0 Å². The van der Waals surface area contributed by atoms with E-state index < -0.39 is 6.10 Å². The van der Waals surface area contributed by atoms with Crippen LogP contribution >= 0.6 is 0 Å². The summed E-state index contributed by atoms with van der Waals surface area (Å²) in [6.45, 7) is 14.9. The predicted molar refractivity (Wildman–Crippen MR) is 95.2 cm³/mol. The summed E-state index contributed by atoms with van der Waals surface area (Å²) in [5.74, 6) is 1.44. The van der Waals surface area contributed by atoms with Crippen molar-refractivity contribution in [2.75, 3.05) is 32.8 Å². The van der Waals surface area contributed by atoms with Gasteiger partial charge in [-0.2, -0.15) is 0 Å². The van der Waals surface area contributed by atoms with Crippen molar-refractivity contribution in [2.45, 2.75) is 26.4 Å². The fourth-order valence-corrected chi connectivity index (χ4v) is 2.41. The zero-order valence-electron chi connectivity index (χ0n) is 14.3. The normalized spacial score (nSPS) is 12.0. The van der Waals surface area contributed by atoms with Gasteiger partial charge in [0.15, 0.2) is 0 Å². The molecule has 4 nitrogen and oxygen atoms in total. The highest BCUT2D eigenvalue weighted by atomic mass is 16.5. The molecule has 0 aliphatic rings. The van der Waals surface area contributed by atoms with Crippen LogP contribution < -0.4 is 9.47 Å². The third-order valence-electron chi connectivity index (χ3n) is 3.45. The Morgan fingerprint density at radius 3 is 2.35 bits per heavy atom. The molecular formula is C19H29NO3. The molecule has 0 amide bonds. The number of hydrogen-bond acceptors (Lipinski definition) is 4. The van der Waals surface area contributed by atoms with Gasteiger partial charge in [0.2, 0.25) is 0 Å². The van der Waals surface area contributed by atoms with Crippen LogP contribution in [0.25, 0.3) is 0 Å². The molecule has 1 rings (SSSR count). The van der Waals surface area contributed by atoms with Crippen LogP contribution in [-0.2, 0) is 0 Å². The first kappa shape index (κ1) is 19.3. The molecule has 0 aliphatic heterocycles. The van der Waals surface area contributed by atoms with Crippen LogP contribution in [0.2, 0.25) is 0 Å². The molecule has 0 fully saturated rings. The minimum Gasteiger partial charge on any atom is -0.494 e. The Balaban J connectivity index is 2.78. The van der Waals surface area contributed by atoms with Crippen molar-refractivity contribution in [3.63, 3.8) is 0 Å². The Labute approximate surface area is 140 Å². The molecule has 1 unspecified atom stereocenters. The number of rotatable bonds is 12. The average Bonchev–Trinajstić information content (AvgIpc) is 2.54. The fourth-order valence-electron chi connectivity index (χ4n) is 2.41. The molecule has 1 aromatic carbocycles. The summed E-state index contributed by atoms with van der Waals surface area (Å²) >= 11 is 0. The smallest absolute Gasteiger partial charge is 0.128 e. The Kier molecular flexibility index (Phi) is 9.10. The Morgan fingerprint density at radius 1 is 1.13 bits per heavy atom. The van der Waals surface area contributed by atoms with E-state index in [2.05, 4.69) is 18.1 Å². The Bertz CT molecular complexity index is 478. The van der Waals surface area contributed by atoms with E-state index >= 15 is 0 Å². The van der Waals surface area contributed by atoms with Crippen LogP contribution in [0.15, 0.2) is 43.5 Å². The van der Waals surface area contributed by atoms with Crippen molar-refractivity contribution in [3.05, 3.63) is 49.1 Å². The molecule has 0 spiro atoms. The molecule has 23 heavy (non-hydrogen) atoms. The van der Waals surface area contributed by atoms with Gasteiger partial charge >= 0.3 is 0 Å². The lowest BCUT2D eigenvalue weighted by atomic mass is 10.0. The van der Waals surface area contributed by atoms with E-state index in [9.17, 15) is 5.11 Å². The molecule has 0 aliphatic carbocycles. The van der Waals surface area contributed by atoms with Crippen LogP contribution in [0.5, 0.6) is 11.5 Å². The van der Waals surface area contributed by atoms with Gasteiger partial charge in [0.25, 0.3) is 0 Å². The number of nitrogens with zero attached hydrogens (tertiary/aromatic N) is 1. The molecule has 0 bridgehead atoms. The van der Waals surface area contributed by atoms with Gasteiger partial charge in [-0.15, -0.1) is 13.2 Å². The molecule has 4 heteroatoms. The number of benzene rings is 1. The minimum atomic E-state index is -0.579. The van der Waals surface area contributed by atoms with Gasteiger partial charge in [-0.05, 0) is 32.4 Å². The highest BCUT2D eigenvalue weighted by Crippen LogP contribution is 2.31. The van der Waals surface area contributed by atoms with Crippen LogP contribution in [0.3, 0.4) is 0 Å². The van der Waals surface area contributed by atoms with E-state index in [-0.39, 0.29) is 0 Å². The number of aliphatic hydroxyl groups is 1. The van der Waals surface area contributed by atoms with Gasteiger partial charge in [-0.3, -0.25) is 4.90 Å². The molecule has 0 aromatic heterocycles. The highest BCUT2D eigenvalue weighted by Gasteiger charge is 2.16. The second kappa shape index (κ2) is 10.9. The first-order chi connectivity index (χ1) is 11.2. The lowest BCUT2D eigenvalue weighted by Gasteiger charge is -2.22. The number of aliphatic hydroxyl groups excluding tert-OH is 1. The fraction of sp³-hybridized carbons (Fsp3) is 0.474. The summed E-state index contributed by atoms with van der Waals surface area (Å²) in [7, 11) is 0. The molecular weight excluding hydrogens is 290 g/mol. The molecule has 128 valence electrons. The van der Waals surface area contributed by atoms with Gasteiger partial charge in [-0.25, -0.2) is 0 Å². The minimum absolute atomic E-state index is 0.550. The van der Waals surface area contributed by atoms with Gasteiger partial charge < -0.3 is 14.6 Å². The van der Waals surface area contributed by atoms with Crippen molar-refractivity contribution in [1.82, 2.24) is 4.90 Å². The second-order valence-corrected chi connectivity index (χ2v) is 5.21. The monoisotopic (exact) mass is 319 g/mol. The van der Waals surface area contributed by atoms with E-state index in [4.69, 9.17) is 9.47 Å². The summed E-state index contributed by atoms with van der Waals surface area (Å²) in [6.07, 6.45) is 3.76. The van der Waals surface area contributed by atoms with Crippen molar-refractivity contribution in [3.8, 4) is 11.5 Å². The molecule has 0 radical (unpaired) electrons. The van der Waals surface area contributed by atoms with E-state index in [0.717, 1.165) is 30.9 Å². The van der Waals surface area contributed by atoms with Gasteiger partial charge in [-0.1, -0.05) is 12.2 Å². The van der Waals surface area contributed by atoms with Crippen LogP contribution in [0, 0.1) is 0 Å². The lowest BCUT2D eigenvalue weighted by molar-refractivity contribution is 0.144. The molecule has 1 atom stereocenters. The highest BCUT2D eigenvalue weighted by molar-refractivity contribution is 5.42. The molecule has 1 N–H and O–H groups in total. The third-order valence-corrected chi connectivity index (χ3v) is 3.45. The average molecular weight is 319 g/mol. The topological polar surface area (TPSA) is 41.9 Å². The molecule has 1 aromatic rings. The number of hydrogen-bond donors (Lipinski definition) is 1. The lowest BCUT2D eigenvalue weighted by Crippen LogP contribution is -2.26. The van der Waals surface area contributed by atoms with E-state index in [1.807, 2.05) is 44.2 Å². The van der Waals surface area contributed by atoms with Gasteiger partial charge in [0.05, 0.1) is 19.3 Å². The van der Waals surface area contributed by atoms with Crippen molar-refractivity contribution < 1.29 is 14.6 Å². The number of ether oxygens (including phenoxy) is 2. The maximum Gasteiger partial charge on any atom is 0.128 e. The third kappa shape index (κ3) is 6.47. The first-order valence-corrected chi connectivity index (χ1v) is 8.17. The van der Waals surface area contributed by atoms with E-state index in [1.54, 1.807) is 0 Å². The second-order valence-electron chi connectivity index (χ2n) is 5.21. The summed E-state index contributed by atoms with van der Waals surface area (Å²) in [5.41, 5.74) is 0.799. The van der Waals surface area contributed by atoms with Gasteiger partial charge in [0, 0.05) is 31.3 Å². The largest absolute Gasteiger partial charge is 0.494 e. The van der Waals surface area contributed by atoms with E-state index in [1.165, 1.54) is 0 Å². The van der Waals surface area contributed by atoms with Crippen LogP contribution in [0.1, 0.15) is 31.9 Å². The summed E-state index contributed by atoms with van der Waals surface area (Å²) in [6, 6.07) is 5.60. The van der Waals surface area contributed by atoms with Crippen molar-refractivity contribution in [2.24, 2.45) is 0 Å². The zero-order chi connectivity index (χ0) is 17.1. The van der Waals surface area contributed by atoms with Gasteiger partial charge in [0.1, 0.15) is 11.5 Å². The van der Waals surface area contributed by atoms with Crippen LogP contribution in [0.4, 0.5) is 0 Å². The van der Waals surface area contributed by atoms with Crippen molar-refractivity contribution in [1.29, 1.82) is 0 Å². The van der Waals surface area contributed by atoms with E-state index in [0.29, 0.717) is 25.4 Å². The Morgan fingerprint density at radius 2 is 1.78 bits per heavy atom. The molecule has 0 heterocycles. The predicted octanol–water partition coefficient (Wildman–Crippen LogP) is 3.58. The SMILES string of the molecule is C=CCN(CC=C)CCC(O)c1ccc(OCC)cc1OCC. The van der Waals surface area contributed by atoms with Crippen LogP contribution in [-0.4, -0.2) is 42.9 Å². The Hall–Kier alpha value is -1.78. The standard InChI is InChI=1S/C19H29NO3/c1-5-12-20(13-6-2)14-11-18(21)17-10-9-16(22-7-3)15-19(17)23-8-4/h5-6,9-10,15,18,21H,1-2,7-8,11-14H2,3-4H3. The molecule has 0 saturated heterocycles. The summed E-state index contributed by atoms with van der Waals surface area (Å²) < 4.78 is 11.2. The maximum atomic E-state index is 10.5. The zero-order valence-corrected chi connectivity index (χ0v) is 14.3. The maximum absolute atomic E-state index is 10.5.